The largest absolute Gasteiger partial charge is 0.489 e. The molecule has 0 aliphatic rings. The van der Waals surface area contributed by atoms with Gasteiger partial charge in [0, 0.05) is 34.1 Å². The average molecular weight is 560 g/mol. The van der Waals surface area contributed by atoms with Crippen molar-refractivity contribution in [2.24, 2.45) is 0 Å². The number of carbonyl (C=O) groups is 1. The molecule has 1 heterocycles. The van der Waals surface area contributed by atoms with Gasteiger partial charge in [-0.15, -0.1) is 0 Å². The van der Waals surface area contributed by atoms with Crippen molar-refractivity contribution in [3.05, 3.63) is 123 Å². The Morgan fingerprint density at radius 2 is 1.79 bits per heavy atom. The Morgan fingerprint density at radius 3 is 2.59 bits per heavy atom. The predicted octanol–water partition coefficient (Wildman–Crippen LogP) is 7.79. The second-order valence-corrected chi connectivity index (χ2v) is 9.47. The summed E-state index contributed by atoms with van der Waals surface area (Å²) in [5, 5.41) is 13.0. The van der Waals surface area contributed by atoms with Crippen LogP contribution >= 0.6 is 23.2 Å². The summed E-state index contributed by atoms with van der Waals surface area (Å²) >= 11 is 12.2. The van der Waals surface area contributed by atoms with E-state index in [0.29, 0.717) is 18.1 Å². The van der Waals surface area contributed by atoms with Crippen LogP contribution in [0.5, 0.6) is 17.2 Å². The minimum Gasteiger partial charge on any atom is -0.489 e. The number of ether oxygens (including phenoxy) is 2. The number of rotatable bonds is 8. The number of hydrogen-bond acceptors (Lipinski definition) is 4. The van der Waals surface area contributed by atoms with Gasteiger partial charge in [-0.1, -0.05) is 59.6 Å². The number of benzene rings is 4. The van der Waals surface area contributed by atoms with E-state index in [1.807, 2.05) is 54.6 Å². The second kappa shape index (κ2) is 11.5. The molecule has 0 atom stereocenters. The Balaban J connectivity index is 1.27. The fraction of sp³-hybridized carbons (Fsp3) is 0.0667. The number of nitrogens with one attached hydrogen (secondary N) is 2. The molecule has 39 heavy (non-hydrogen) atoms. The van der Waals surface area contributed by atoms with Crippen LogP contribution in [0.3, 0.4) is 0 Å². The van der Waals surface area contributed by atoms with Gasteiger partial charge in [-0.3, -0.25) is 4.79 Å². The van der Waals surface area contributed by atoms with E-state index in [1.54, 1.807) is 6.07 Å². The van der Waals surface area contributed by atoms with Crippen molar-refractivity contribution in [1.29, 1.82) is 5.26 Å². The van der Waals surface area contributed by atoms with E-state index in [1.165, 1.54) is 30.3 Å². The van der Waals surface area contributed by atoms with Crippen LogP contribution < -0.4 is 14.8 Å². The zero-order valence-corrected chi connectivity index (χ0v) is 21.8. The number of amides is 1. The number of H-pyrrole nitrogens is 1. The average Bonchev–Trinajstić information content (AvgIpc) is 3.37. The van der Waals surface area contributed by atoms with Gasteiger partial charge in [-0.2, -0.15) is 5.26 Å². The monoisotopic (exact) mass is 559 g/mol. The van der Waals surface area contributed by atoms with E-state index in [9.17, 15) is 4.79 Å². The molecular formula is C30H20Cl2FN3O3. The van der Waals surface area contributed by atoms with E-state index in [-0.39, 0.29) is 39.2 Å². The lowest BCUT2D eigenvalue weighted by Crippen LogP contribution is -2.23. The Morgan fingerprint density at radius 1 is 0.974 bits per heavy atom. The molecule has 5 rings (SSSR count). The third-order valence-electron chi connectivity index (χ3n) is 5.88. The minimum atomic E-state index is -0.738. The molecule has 1 amide bonds. The van der Waals surface area contributed by atoms with Crippen molar-refractivity contribution in [2.45, 2.75) is 13.2 Å². The quantitative estimate of drug-likeness (QED) is 0.203. The van der Waals surface area contributed by atoms with Crippen LogP contribution in [-0.4, -0.2) is 10.9 Å². The second-order valence-electron chi connectivity index (χ2n) is 8.63. The molecular weight excluding hydrogens is 540 g/mol. The highest BCUT2D eigenvalue weighted by Gasteiger charge is 2.17. The van der Waals surface area contributed by atoms with Crippen LogP contribution in [0, 0.1) is 17.1 Å². The summed E-state index contributed by atoms with van der Waals surface area (Å²) < 4.78 is 26.8. The lowest BCUT2D eigenvalue weighted by Gasteiger charge is -2.13. The Hall–Kier alpha value is -4.51. The molecule has 9 heteroatoms. The van der Waals surface area contributed by atoms with Gasteiger partial charge in [0.2, 0.25) is 0 Å². The van der Waals surface area contributed by atoms with Crippen molar-refractivity contribution in [3.63, 3.8) is 0 Å². The molecule has 194 valence electrons. The molecule has 0 saturated heterocycles. The molecule has 4 aromatic carbocycles. The van der Waals surface area contributed by atoms with E-state index in [0.717, 1.165) is 16.5 Å². The number of nitrogens with zero attached hydrogens (tertiary/aromatic N) is 1. The molecule has 5 aromatic rings. The summed E-state index contributed by atoms with van der Waals surface area (Å²) in [5.41, 5.74) is 2.52. The smallest absolute Gasteiger partial charge is 0.267 e. The van der Waals surface area contributed by atoms with E-state index < -0.39 is 11.7 Å². The normalized spacial score (nSPS) is 10.7. The summed E-state index contributed by atoms with van der Waals surface area (Å²) in [4.78, 5) is 15.9. The molecule has 0 unspecified atom stereocenters. The highest BCUT2D eigenvalue weighted by Crippen LogP contribution is 2.35. The highest BCUT2D eigenvalue weighted by atomic mass is 35.5. The van der Waals surface area contributed by atoms with Crippen molar-refractivity contribution in [3.8, 4) is 23.3 Å². The lowest BCUT2D eigenvalue weighted by atomic mass is 10.2. The number of nitriles is 1. The van der Waals surface area contributed by atoms with Gasteiger partial charge in [0.25, 0.3) is 5.91 Å². The maximum Gasteiger partial charge on any atom is 0.267 e. The van der Waals surface area contributed by atoms with E-state index >= 15 is 4.39 Å². The van der Waals surface area contributed by atoms with Gasteiger partial charge < -0.3 is 19.8 Å². The summed E-state index contributed by atoms with van der Waals surface area (Å²) in [6.45, 7) is 0.313. The number of hydrogen-bond donors (Lipinski definition) is 2. The Bertz CT molecular complexity index is 1710. The van der Waals surface area contributed by atoms with Gasteiger partial charge in [0.05, 0.1) is 16.7 Å². The van der Waals surface area contributed by atoms with Crippen LogP contribution in [0.1, 0.15) is 27.2 Å². The molecule has 0 bridgehead atoms. The fourth-order valence-electron chi connectivity index (χ4n) is 3.94. The number of aromatic nitrogens is 1. The number of aromatic amines is 1. The van der Waals surface area contributed by atoms with E-state index in [2.05, 4.69) is 10.3 Å². The standard InChI is InChI=1S/C30H20Cl2FN3O3/c31-22-10-19(15-34)11-24(13-22)39-29-25(32)9-7-21(28(29)33)16-35-30(37)27-12-20-6-8-23(14-26(20)36-27)38-17-18-4-2-1-3-5-18/h1-14,36H,16-17H2,(H,35,37). The molecule has 2 N–H and O–H groups in total. The summed E-state index contributed by atoms with van der Waals surface area (Å²) in [7, 11) is 0. The number of fused-ring (bicyclic) bond motifs is 1. The van der Waals surface area contributed by atoms with Crippen LogP contribution in [0.15, 0.2) is 84.9 Å². The lowest BCUT2D eigenvalue weighted by molar-refractivity contribution is 0.0946. The summed E-state index contributed by atoms with van der Waals surface area (Å²) in [5.74, 6) is -0.562. The molecule has 0 radical (unpaired) electrons. The molecule has 0 spiro atoms. The van der Waals surface area contributed by atoms with Crippen molar-refractivity contribution in [1.82, 2.24) is 10.3 Å². The molecule has 0 aliphatic heterocycles. The molecule has 0 aliphatic carbocycles. The zero-order chi connectivity index (χ0) is 27.4. The fourth-order valence-corrected chi connectivity index (χ4v) is 4.35. The van der Waals surface area contributed by atoms with Crippen LogP contribution in [-0.2, 0) is 13.2 Å². The van der Waals surface area contributed by atoms with Gasteiger partial charge in [0.1, 0.15) is 23.8 Å². The first-order chi connectivity index (χ1) is 18.9. The first kappa shape index (κ1) is 26.1. The highest BCUT2D eigenvalue weighted by molar-refractivity contribution is 6.32. The van der Waals surface area contributed by atoms with Crippen LogP contribution in [0.4, 0.5) is 4.39 Å². The van der Waals surface area contributed by atoms with Gasteiger partial charge in [0.15, 0.2) is 11.6 Å². The maximum atomic E-state index is 15.3. The molecule has 6 nitrogen and oxygen atoms in total. The van der Waals surface area contributed by atoms with E-state index in [4.69, 9.17) is 37.9 Å². The SMILES string of the molecule is N#Cc1cc(Cl)cc(Oc2c(Cl)ccc(CNC(=O)c3cc4ccc(OCc5ccccc5)cc4[nH]3)c2F)c1. The summed E-state index contributed by atoms with van der Waals surface area (Å²) in [6, 6.07) is 26.3. The third-order valence-corrected chi connectivity index (χ3v) is 6.39. The van der Waals surface area contributed by atoms with Crippen LogP contribution in [0.25, 0.3) is 10.9 Å². The molecule has 0 saturated carbocycles. The minimum absolute atomic E-state index is 0.0296. The molecule has 1 aromatic heterocycles. The number of carbonyl (C=O) groups excluding carboxylic acids is 1. The number of halogens is 3. The predicted molar refractivity (Wildman–Crippen MR) is 148 cm³/mol. The Labute approximate surface area is 233 Å². The van der Waals surface area contributed by atoms with Gasteiger partial charge in [-0.05, 0) is 48.0 Å². The van der Waals surface area contributed by atoms with Crippen molar-refractivity contribution < 1.29 is 18.7 Å². The molecule has 0 fully saturated rings. The van der Waals surface area contributed by atoms with Crippen molar-refractivity contribution >= 4 is 40.0 Å². The first-order valence-corrected chi connectivity index (χ1v) is 12.6. The first-order valence-electron chi connectivity index (χ1n) is 11.8. The zero-order valence-electron chi connectivity index (χ0n) is 20.3. The topological polar surface area (TPSA) is 87.1 Å². The third kappa shape index (κ3) is 6.15. The van der Waals surface area contributed by atoms with Crippen molar-refractivity contribution in [2.75, 3.05) is 0 Å². The Kier molecular flexibility index (Phi) is 7.69. The van der Waals surface area contributed by atoms with Gasteiger partial charge in [-0.25, -0.2) is 4.39 Å². The maximum absolute atomic E-state index is 15.3. The van der Waals surface area contributed by atoms with Crippen LogP contribution in [0.2, 0.25) is 10.0 Å². The summed E-state index contributed by atoms with van der Waals surface area (Å²) in [6.07, 6.45) is 0. The van der Waals surface area contributed by atoms with Gasteiger partial charge >= 0.3 is 0 Å².